The van der Waals surface area contributed by atoms with Crippen molar-refractivity contribution in [3.8, 4) is 5.75 Å². The minimum atomic E-state index is -3.54. The predicted molar refractivity (Wildman–Crippen MR) is 100 cm³/mol. The van der Waals surface area contributed by atoms with Gasteiger partial charge in [-0.15, -0.1) is 10.2 Å². The van der Waals surface area contributed by atoms with Crippen LogP contribution in [0.1, 0.15) is 29.8 Å². The number of rotatable bonds is 6. The van der Waals surface area contributed by atoms with Gasteiger partial charge in [-0.25, -0.2) is 8.42 Å². The fourth-order valence-corrected chi connectivity index (χ4v) is 4.93. The highest BCUT2D eigenvalue weighted by atomic mass is 32.2. The van der Waals surface area contributed by atoms with Crippen molar-refractivity contribution >= 4 is 10.0 Å². The van der Waals surface area contributed by atoms with Gasteiger partial charge in [0.2, 0.25) is 21.8 Å². The predicted octanol–water partition coefficient (Wildman–Crippen LogP) is 1.90. The maximum absolute atomic E-state index is 13.1. The van der Waals surface area contributed by atoms with Crippen LogP contribution in [0.2, 0.25) is 0 Å². The molecule has 9 heteroatoms. The average molecular weight is 394 g/mol. The molecule has 148 valence electrons. The second kappa shape index (κ2) is 7.95. The molecule has 0 unspecified atom stereocenters. The first-order valence-corrected chi connectivity index (χ1v) is 10.5. The van der Waals surface area contributed by atoms with Gasteiger partial charge in [0.05, 0.1) is 18.0 Å². The molecular formula is C18H26N4O4S. The highest BCUT2D eigenvalue weighted by molar-refractivity contribution is 7.89. The first-order chi connectivity index (χ1) is 12.8. The zero-order chi connectivity index (χ0) is 19.6. The normalized spacial score (nSPS) is 16.6. The van der Waals surface area contributed by atoms with Gasteiger partial charge in [-0.2, -0.15) is 4.31 Å². The number of aromatic nitrogens is 2. The number of piperazine rings is 1. The third-order valence-electron chi connectivity index (χ3n) is 4.65. The van der Waals surface area contributed by atoms with Crippen molar-refractivity contribution in [1.82, 2.24) is 19.4 Å². The van der Waals surface area contributed by atoms with Crippen LogP contribution in [-0.2, 0) is 16.6 Å². The maximum Gasteiger partial charge on any atom is 0.243 e. The molecule has 0 saturated carbocycles. The molecule has 1 fully saturated rings. The molecule has 0 bridgehead atoms. The maximum atomic E-state index is 13.1. The topological polar surface area (TPSA) is 88.8 Å². The van der Waals surface area contributed by atoms with E-state index in [1.54, 1.807) is 23.4 Å². The van der Waals surface area contributed by atoms with Crippen molar-refractivity contribution in [2.24, 2.45) is 0 Å². The summed E-state index contributed by atoms with van der Waals surface area (Å²) in [5.41, 5.74) is 1.53. The van der Waals surface area contributed by atoms with Crippen LogP contribution < -0.4 is 4.74 Å². The quantitative estimate of drug-likeness (QED) is 0.739. The number of sulfonamides is 1. The van der Waals surface area contributed by atoms with Crippen molar-refractivity contribution < 1.29 is 17.6 Å². The second-order valence-electron chi connectivity index (χ2n) is 6.71. The Morgan fingerprint density at radius 2 is 1.78 bits per heavy atom. The van der Waals surface area contributed by atoms with Crippen LogP contribution in [0.25, 0.3) is 0 Å². The van der Waals surface area contributed by atoms with Crippen LogP contribution >= 0.6 is 0 Å². The number of aryl methyl sites for hydroxylation is 3. The summed E-state index contributed by atoms with van der Waals surface area (Å²) in [5, 5.41) is 7.82. The first kappa shape index (κ1) is 19.8. The van der Waals surface area contributed by atoms with Gasteiger partial charge in [0, 0.05) is 33.1 Å². The SMILES string of the molecule is CCOc1cc(C)c(S(=O)(=O)N2CCN(Cc3nnc(C)o3)CC2)cc1C. The Labute approximate surface area is 160 Å². The van der Waals surface area contributed by atoms with E-state index in [2.05, 4.69) is 15.1 Å². The van der Waals surface area contributed by atoms with E-state index in [1.807, 2.05) is 20.8 Å². The Hall–Kier alpha value is -1.97. The standard InChI is InChI=1S/C18H26N4O4S/c1-5-25-16-10-14(3)17(11-13(16)2)27(23,24)22-8-6-21(7-9-22)12-18-20-19-15(4)26-18/h10-11H,5-9,12H2,1-4H3. The van der Waals surface area contributed by atoms with Gasteiger partial charge in [0.25, 0.3) is 0 Å². The minimum Gasteiger partial charge on any atom is -0.494 e. The lowest BCUT2D eigenvalue weighted by molar-refractivity contribution is 0.167. The molecule has 8 nitrogen and oxygen atoms in total. The van der Waals surface area contributed by atoms with Crippen molar-refractivity contribution in [2.45, 2.75) is 39.1 Å². The molecule has 1 aliphatic heterocycles. The van der Waals surface area contributed by atoms with Crippen LogP contribution in [0.15, 0.2) is 21.4 Å². The zero-order valence-electron chi connectivity index (χ0n) is 16.2. The summed E-state index contributed by atoms with van der Waals surface area (Å²) in [6, 6.07) is 3.52. The molecule has 0 amide bonds. The largest absolute Gasteiger partial charge is 0.494 e. The van der Waals surface area contributed by atoms with Crippen molar-refractivity contribution in [1.29, 1.82) is 0 Å². The smallest absolute Gasteiger partial charge is 0.243 e. The molecule has 1 aromatic heterocycles. The van der Waals surface area contributed by atoms with E-state index in [4.69, 9.17) is 9.15 Å². The Morgan fingerprint density at radius 3 is 2.37 bits per heavy atom. The molecule has 2 aromatic rings. The van der Waals surface area contributed by atoms with E-state index in [0.717, 1.165) is 11.3 Å². The molecule has 2 heterocycles. The van der Waals surface area contributed by atoms with Gasteiger partial charge in [-0.3, -0.25) is 4.90 Å². The van der Waals surface area contributed by atoms with Gasteiger partial charge in [-0.05, 0) is 44.0 Å². The van der Waals surface area contributed by atoms with Crippen molar-refractivity contribution in [3.05, 3.63) is 35.0 Å². The molecule has 1 aliphatic rings. The molecule has 3 rings (SSSR count). The molecule has 27 heavy (non-hydrogen) atoms. The first-order valence-electron chi connectivity index (χ1n) is 9.06. The number of hydrogen-bond donors (Lipinski definition) is 0. The lowest BCUT2D eigenvalue weighted by atomic mass is 10.1. The number of ether oxygens (including phenoxy) is 1. The monoisotopic (exact) mass is 394 g/mol. The summed E-state index contributed by atoms with van der Waals surface area (Å²) >= 11 is 0. The van der Waals surface area contributed by atoms with Crippen molar-refractivity contribution in [2.75, 3.05) is 32.8 Å². The van der Waals surface area contributed by atoms with Crippen LogP contribution in [0.4, 0.5) is 0 Å². The molecule has 0 aliphatic carbocycles. The van der Waals surface area contributed by atoms with Crippen LogP contribution in [0.3, 0.4) is 0 Å². The van der Waals surface area contributed by atoms with E-state index in [0.29, 0.717) is 61.6 Å². The van der Waals surface area contributed by atoms with Crippen LogP contribution in [-0.4, -0.2) is 60.6 Å². The zero-order valence-corrected chi connectivity index (χ0v) is 17.0. The second-order valence-corrected chi connectivity index (χ2v) is 8.62. The van der Waals surface area contributed by atoms with E-state index in [-0.39, 0.29) is 0 Å². The highest BCUT2D eigenvalue weighted by Crippen LogP contribution is 2.28. The number of nitrogens with zero attached hydrogens (tertiary/aromatic N) is 4. The Bertz CT molecular complexity index is 902. The van der Waals surface area contributed by atoms with Gasteiger partial charge < -0.3 is 9.15 Å². The Morgan fingerprint density at radius 1 is 1.07 bits per heavy atom. The van der Waals surface area contributed by atoms with Crippen LogP contribution in [0.5, 0.6) is 5.75 Å². The summed E-state index contributed by atoms with van der Waals surface area (Å²) in [7, 11) is -3.54. The number of benzene rings is 1. The summed E-state index contributed by atoms with van der Waals surface area (Å²) < 4.78 is 38.8. The van der Waals surface area contributed by atoms with Crippen molar-refractivity contribution in [3.63, 3.8) is 0 Å². The van der Waals surface area contributed by atoms with Crippen LogP contribution in [0, 0.1) is 20.8 Å². The van der Waals surface area contributed by atoms with Gasteiger partial charge in [0.1, 0.15) is 5.75 Å². The summed E-state index contributed by atoms with van der Waals surface area (Å²) in [6.07, 6.45) is 0. The fourth-order valence-electron chi connectivity index (χ4n) is 3.21. The third kappa shape index (κ3) is 4.31. The van der Waals surface area contributed by atoms with Gasteiger partial charge in [0.15, 0.2) is 0 Å². The van der Waals surface area contributed by atoms with E-state index >= 15 is 0 Å². The molecule has 0 N–H and O–H groups in total. The molecule has 1 aromatic carbocycles. The van der Waals surface area contributed by atoms with E-state index < -0.39 is 10.0 Å². The molecule has 1 saturated heterocycles. The summed E-state index contributed by atoms with van der Waals surface area (Å²) in [6.45, 7) is 10.5. The number of hydrogen-bond acceptors (Lipinski definition) is 7. The fraction of sp³-hybridized carbons (Fsp3) is 0.556. The van der Waals surface area contributed by atoms with E-state index in [9.17, 15) is 8.42 Å². The summed E-state index contributed by atoms with van der Waals surface area (Å²) in [5.74, 6) is 1.82. The third-order valence-corrected chi connectivity index (χ3v) is 6.69. The lowest BCUT2D eigenvalue weighted by Gasteiger charge is -2.33. The molecular weight excluding hydrogens is 368 g/mol. The Kier molecular flexibility index (Phi) is 5.83. The summed E-state index contributed by atoms with van der Waals surface area (Å²) in [4.78, 5) is 2.47. The molecule has 0 atom stereocenters. The van der Waals surface area contributed by atoms with Gasteiger partial charge in [-0.1, -0.05) is 0 Å². The Balaban J connectivity index is 1.70. The molecule has 0 spiro atoms. The van der Waals surface area contributed by atoms with Gasteiger partial charge >= 0.3 is 0 Å². The average Bonchev–Trinajstić information content (AvgIpc) is 3.03. The molecule has 0 radical (unpaired) electrons. The lowest BCUT2D eigenvalue weighted by Crippen LogP contribution is -2.48. The van der Waals surface area contributed by atoms with E-state index in [1.165, 1.54) is 0 Å². The highest BCUT2D eigenvalue weighted by Gasteiger charge is 2.30. The minimum absolute atomic E-state index is 0.351.